The fourth-order valence-electron chi connectivity index (χ4n) is 4.89. The number of rotatable bonds is 16. The number of amides is 3. The van der Waals surface area contributed by atoms with Gasteiger partial charge in [0.1, 0.15) is 29.5 Å². The molecule has 3 rings (SSSR count). The first kappa shape index (κ1) is 32.9. The molecule has 3 unspecified atom stereocenters. The number of carbonyl (C=O) groups is 4. The van der Waals surface area contributed by atoms with E-state index in [-0.39, 0.29) is 36.0 Å². The van der Waals surface area contributed by atoms with Crippen LogP contribution in [0.4, 0.5) is 0 Å². The highest BCUT2D eigenvalue weighted by atomic mass is 16.6. The van der Waals surface area contributed by atoms with Gasteiger partial charge in [-0.3, -0.25) is 24.1 Å². The molecule has 13 heteroatoms. The van der Waals surface area contributed by atoms with Crippen molar-refractivity contribution in [3.8, 4) is 0 Å². The molecule has 13 nitrogen and oxygen atoms in total. The van der Waals surface area contributed by atoms with Crippen LogP contribution in [-0.4, -0.2) is 117 Å². The number of ether oxygens (including phenoxy) is 3. The van der Waals surface area contributed by atoms with Crippen molar-refractivity contribution in [1.82, 2.24) is 20.9 Å². The minimum atomic E-state index is -1.07. The third-order valence-electron chi connectivity index (χ3n) is 7.29. The van der Waals surface area contributed by atoms with Gasteiger partial charge in [-0.2, -0.15) is 0 Å². The van der Waals surface area contributed by atoms with Gasteiger partial charge in [0, 0.05) is 33.2 Å². The summed E-state index contributed by atoms with van der Waals surface area (Å²) in [6, 6.07) is -2.75. The van der Waals surface area contributed by atoms with E-state index in [1.54, 1.807) is 6.92 Å². The molecule has 0 aromatic carbocycles. The summed E-state index contributed by atoms with van der Waals surface area (Å²) in [4.78, 5) is 60.4. The summed E-state index contributed by atoms with van der Waals surface area (Å²) < 4.78 is 15.9. The quantitative estimate of drug-likeness (QED) is 0.213. The van der Waals surface area contributed by atoms with Crippen molar-refractivity contribution in [2.45, 2.75) is 83.7 Å². The number of epoxide rings is 1. The molecule has 5 atom stereocenters. The smallest absolute Gasteiger partial charge is 0.269 e. The highest BCUT2D eigenvalue weighted by Gasteiger charge is 2.50. The number of carbonyl (C=O) groups excluding carboxylic acids is 4. The molecule has 0 saturated carbocycles. The van der Waals surface area contributed by atoms with E-state index >= 15 is 0 Å². The predicted molar refractivity (Wildman–Crippen MR) is 150 cm³/mol. The van der Waals surface area contributed by atoms with E-state index in [4.69, 9.17) is 19.0 Å². The molecule has 0 spiro atoms. The second-order valence-corrected chi connectivity index (χ2v) is 12.1. The topological polar surface area (TPSA) is 160 Å². The van der Waals surface area contributed by atoms with E-state index in [1.165, 1.54) is 7.11 Å². The summed E-state index contributed by atoms with van der Waals surface area (Å²) in [6.45, 7) is 13.3. The monoisotopic (exact) mass is 581 g/mol. The standard InChI is InChI=1S/C28H47N5O8/c1-17(2)11-20(24(34)28(5)16-40-28)29-27(37)23(15-38-6)31-25(35)21(12-18(3)4)30-26(36)22-13-19(41-32-22)14-33-7-9-39-10-8-33/h17-21,23H,7-16H2,1-6H3,(H,29,37)(H,30,36)(H,31,35)/t19?,20?,21?,23-,28+/m0/s1. The molecule has 232 valence electrons. The zero-order valence-electron chi connectivity index (χ0n) is 25.2. The summed E-state index contributed by atoms with van der Waals surface area (Å²) in [6.07, 6.45) is 0.863. The number of morpholine rings is 1. The van der Waals surface area contributed by atoms with Crippen LogP contribution >= 0.6 is 0 Å². The highest BCUT2D eigenvalue weighted by molar-refractivity contribution is 6.39. The molecule has 0 aromatic rings. The van der Waals surface area contributed by atoms with Crippen molar-refractivity contribution in [3.05, 3.63) is 0 Å². The van der Waals surface area contributed by atoms with Crippen LogP contribution in [0, 0.1) is 11.8 Å². The lowest BCUT2D eigenvalue weighted by atomic mass is 9.93. The third kappa shape index (κ3) is 10.0. The fraction of sp³-hybridized carbons (Fsp3) is 0.821. The van der Waals surface area contributed by atoms with Crippen molar-refractivity contribution in [2.75, 3.05) is 53.2 Å². The van der Waals surface area contributed by atoms with Crippen LogP contribution < -0.4 is 16.0 Å². The maximum atomic E-state index is 13.4. The third-order valence-corrected chi connectivity index (χ3v) is 7.29. The molecule has 3 N–H and O–H groups in total. The van der Waals surface area contributed by atoms with Gasteiger partial charge in [0.05, 0.1) is 32.5 Å². The zero-order valence-corrected chi connectivity index (χ0v) is 25.2. The number of methoxy groups -OCH3 is 1. The Morgan fingerprint density at radius 2 is 1.56 bits per heavy atom. The Bertz CT molecular complexity index is 961. The van der Waals surface area contributed by atoms with Crippen molar-refractivity contribution in [2.24, 2.45) is 17.0 Å². The molecule has 3 aliphatic heterocycles. The zero-order chi connectivity index (χ0) is 30.2. The molecule has 2 fully saturated rings. The number of oxime groups is 1. The van der Waals surface area contributed by atoms with E-state index in [0.29, 0.717) is 45.6 Å². The van der Waals surface area contributed by atoms with E-state index in [9.17, 15) is 19.2 Å². The second kappa shape index (κ2) is 15.0. The summed E-state index contributed by atoms with van der Waals surface area (Å²) >= 11 is 0. The average Bonchev–Trinajstić information content (AvgIpc) is 3.49. The van der Waals surface area contributed by atoms with Crippen LogP contribution in [0.3, 0.4) is 0 Å². The molecule has 0 radical (unpaired) electrons. The van der Waals surface area contributed by atoms with Gasteiger partial charge in [-0.15, -0.1) is 0 Å². The van der Waals surface area contributed by atoms with Gasteiger partial charge in [0.25, 0.3) is 5.91 Å². The molecular formula is C28H47N5O8. The van der Waals surface area contributed by atoms with Crippen LogP contribution in [0.25, 0.3) is 0 Å². The van der Waals surface area contributed by atoms with Crippen molar-refractivity contribution in [1.29, 1.82) is 0 Å². The fourth-order valence-corrected chi connectivity index (χ4v) is 4.89. The molecule has 0 aromatic heterocycles. The average molecular weight is 582 g/mol. The Morgan fingerprint density at radius 3 is 2.15 bits per heavy atom. The SMILES string of the molecule is COC[C@H](NC(=O)C(CC(C)C)NC(=O)C1=NOC(CN2CCOCC2)C1)C(=O)NC(CC(C)C)C(=O)[C@@]1(C)CO1. The number of nitrogens with one attached hydrogen (secondary N) is 3. The van der Waals surface area contributed by atoms with Crippen molar-refractivity contribution >= 4 is 29.2 Å². The Morgan fingerprint density at radius 1 is 0.976 bits per heavy atom. The van der Waals surface area contributed by atoms with E-state index < -0.39 is 41.4 Å². The van der Waals surface area contributed by atoms with E-state index in [1.807, 2.05) is 27.7 Å². The van der Waals surface area contributed by atoms with Gasteiger partial charge < -0.3 is 35.0 Å². The maximum absolute atomic E-state index is 13.4. The molecule has 0 aliphatic carbocycles. The van der Waals surface area contributed by atoms with Gasteiger partial charge in [-0.05, 0) is 31.6 Å². The number of hydrogen-bond acceptors (Lipinski definition) is 10. The molecular weight excluding hydrogens is 534 g/mol. The van der Waals surface area contributed by atoms with Crippen LogP contribution in [-0.2, 0) is 38.2 Å². The van der Waals surface area contributed by atoms with E-state index in [2.05, 4.69) is 26.0 Å². The van der Waals surface area contributed by atoms with Gasteiger partial charge in [-0.25, -0.2) is 0 Å². The normalized spacial score (nSPS) is 24.7. The first-order valence-corrected chi connectivity index (χ1v) is 14.5. The van der Waals surface area contributed by atoms with Gasteiger partial charge in [0.15, 0.2) is 5.78 Å². The van der Waals surface area contributed by atoms with Crippen LogP contribution in [0.1, 0.15) is 53.9 Å². The maximum Gasteiger partial charge on any atom is 0.269 e. The van der Waals surface area contributed by atoms with Crippen LogP contribution in [0.2, 0.25) is 0 Å². The van der Waals surface area contributed by atoms with Gasteiger partial charge in [0.2, 0.25) is 11.8 Å². The minimum absolute atomic E-state index is 0.0731. The summed E-state index contributed by atoms with van der Waals surface area (Å²) in [5, 5.41) is 12.3. The summed E-state index contributed by atoms with van der Waals surface area (Å²) in [5.74, 6) is -1.54. The van der Waals surface area contributed by atoms with Gasteiger partial charge >= 0.3 is 0 Å². The lowest BCUT2D eigenvalue weighted by Gasteiger charge is -2.28. The number of Topliss-reactive ketones (excluding diaryl/α,β-unsaturated/α-hetero) is 1. The molecule has 2 saturated heterocycles. The lowest BCUT2D eigenvalue weighted by molar-refractivity contribution is -0.135. The van der Waals surface area contributed by atoms with Crippen LogP contribution in [0.5, 0.6) is 0 Å². The predicted octanol–water partition coefficient (Wildman–Crippen LogP) is 0.0145. The molecule has 0 bridgehead atoms. The first-order valence-electron chi connectivity index (χ1n) is 14.5. The lowest BCUT2D eigenvalue weighted by Crippen LogP contribution is -2.58. The second-order valence-electron chi connectivity index (χ2n) is 12.1. The number of nitrogens with zero attached hydrogens (tertiary/aromatic N) is 2. The number of hydrogen-bond donors (Lipinski definition) is 3. The first-order chi connectivity index (χ1) is 19.4. The molecule has 3 amide bonds. The molecule has 3 aliphatic rings. The Labute approximate surface area is 242 Å². The summed E-state index contributed by atoms with van der Waals surface area (Å²) in [5.41, 5.74) is -0.672. The largest absolute Gasteiger partial charge is 0.390 e. The Hall–Kier alpha value is -2.61. The van der Waals surface area contributed by atoms with Gasteiger partial charge in [-0.1, -0.05) is 32.9 Å². The van der Waals surface area contributed by atoms with Crippen LogP contribution in [0.15, 0.2) is 5.16 Å². The summed E-state index contributed by atoms with van der Waals surface area (Å²) in [7, 11) is 1.42. The molecule has 41 heavy (non-hydrogen) atoms. The number of ketones is 1. The minimum Gasteiger partial charge on any atom is -0.390 e. The molecule has 3 heterocycles. The van der Waals surface area contributed by atoms with E-state index in [0.717, 1.165) is 13.1 Å². The Kier molecular flexibility index (Phi) is 12.1. The highest BCUT2D eigenvalue weighted by Crippen LogP contribution is 2.29. The Balaban J connectivity index is 1.60. The van der Waals surface area contributed by atoms with Crippen molar-refractivity contribution in [3.63, 3.8) is 0 Å². The van der Waals surface area contributed by atoms with Crippen molar-refractivity contribution < 1.29 is 38.2 Å².